The molecule has 1 aromatic heterocycles. The van der Waals surface area contributed by atoms with Gasteiger partial charge in [-0.3, -0.25) is 9.59 Å². The Morgan fingerprint density at radius 2 is 2.07 bits per heavy atom. The number of aromatic nitrogens is 2. The molecule has 0 spiro atoms. The summed E-state index contributed by atoms with van der Waals surface area (Å²) in [6.07, 6.45) is 3.70. The van der Waals surface area contributed by atoms with E-state index in [0.717, 1.165) is 11.3 Å². The van der Waals surface area contributed by atoms with Gasteiger partial charge in [0.05, 0.1) is 24.4 Å². The van der Waals surface area contributed by atoms with Gasteiger partial charge in [-0.1, -0.05) is 12.1 Å². The molecule has 7 nitrogen and oxygen atoms in total. The zero-order valence-electron chi connectivity index (χ0n) is 16.3. The molecular weight excluding hydrogens is 368 g/mol. The first kappa shape index (κ1) is 18.7. The van der Waals surface area contributed by atoms with Crippen molar-refractivity contribution in [3.8, 4) is 11.4 Å². The number of nitrogens with one attached hydrogen (secondary N) is 1. The second kappa shape index (κ2) is 7.79. The van der Waals surface area contributed by atoms with Crippen molar-refractivity contribution in [1.82, 2.24) is 9.78 Å². The summed E-state index contributed by atoms with van der Waals surface area (Å²) in [5.74, 6) is -0.0672. The lowest BCUT2D eigenvalue weighted by Gasteiger charge is -2.20. The Bertz CT molecular complexity index is 1050. The smallest absolute Gasteiger partial charge is 0.229 e. The topological polar surface area (TPSA) is 76.5 Å². The van der Waals surface area contributed by atoms with Crippen LogP contribution in [0.4, 0.5) is 11.4 Å². The molecule has 0 radical (unpaired) electrons. The lowest BCUT2D eigenvalue weighted by molar-refractivity contribution is -0.122. The minimum atomic E-state index is -0.430. The van der Waals surface area contributed by atoms with Gasteiger partial charge in [-0.05, 0) is 48.9 Å². The number of carbonyl (C=O) groups is 2. The molecule has 0 aliphatic carbocycles. The summed E-state index contributed by atoms with van der Waals surface area (Å²) in [5.41, 5.74) is 3.24. The van der Waals surface area contributed by atoms with Crippen LogP contribution in [0.15, 0.2) is 60.9 Å². The Labute approximate surface area is 168 Å². The van der Waals surface area contributed by atoms with Gasteiger partial charge in [-0.25, -0.2) is 4.68 Å². The van der Waals surface area contributed by atoms with Crippen molar-refractivity contribution in [2.75, 3.05) is 23.9 Å². The van der Waals surface area contributed by atoms with Crippen molar-refractivity contribution in [1.29, 1.82) is 0 Å². The summed E-state index contributed by atoms with van der Waals surface area (Å²) in [6, 6.07) is 15.0. The largest absolute Gasteiger partial charge is 0.495 e. The fourth-order valence-electron chi connectivity index (χ4n) is 3.52. The van der Waals surface area contributed by atoms with Crippen LogP contribution >= 0.6 is 0 Å². The Morgan fingerprint density at radius 1 is 1.21 bits per heavy atom. The van der Waals surface area contributed by atoms with Crippen molar-refractivity contribution in [3.05, 3.63) is 66.5 Å². The summed E-state index contributed by atoms with van der Waals surface area (Å²) >= 11 is 0. The molecule has 2 aromatic carbocycles. The second-order valence-electron chi connectivity index (χ2n) is 7.07. The van der Waals surface area contributed by atoms with Gasteiger partial charge in [-0.15, -0.1) is 0 Å². The number of amides is 2. The standard InChI is InChI=1S/C22H22N4O3/c1-15-7-8-20(29-2)19(11-15)25-14-16(12-21(25)27)22(28)24-17-5-3-6-18(13-17)26-10-4-9-23-26/h3-11,13,16H,12,14H2,1-2H3,(H,24,28). The van der Waals surface area contributed by atoms with Crippen LogP contribution in [-0.2, 0) is 9.59 Å². The van der Waals surface area contributed by atoms with Gasteiger partial charge >= 0.3 is 0 Å². The van der Waals surface area contributed by atoms with Gasteiger partial charge in [0.2, 0.25) is 11.8 Å². The number of ether oxygens (including phenoxy) is 1. The zero-order chi connectivity index (χ0) is 20.4. The van der Waals surface area contributed by atoms with E-state index in [1.54, 1.807) is 22.9 Å². The monoisotopic (exact) mass is 390 g/mol. The summed E-state index contributed by atoms with van der Waals surface area (Å²) in [5, 5.41) is 7.13. The molecule has 7 heteroatoms. The van der Waals surface area contributed by atoms with Crippen molar-refractivity contribution >= 4 is 23.2 Å². The van der Waals surface area contributed by atoms with Gasteiger partial charge < -0.3 is 15.0 Å². The fourth-order valence-corrected chi connectivity index (χ4v) is 3.52. The fraction of sp³-hybridized carbons (Fsp3) is 0.227. The third-order valence-corrected chi connectivity index (χ3v) is 5.00. The predicted molar refractivity (Wildman–Crippen MR) is 110 cm³/mol. The van der Waals surface area contributed by atoms with Gasteiger partial charge in [0, 0.05) is 31.0 Å². The van der Waals surface area contributed by atoms with Crippen LogP contribution in [0.2, 0.25) is 0 Å². The average Bonchev–Trinajstić information content (AvgIpc) is 3.38. The van der Waals surface area contributed by atoms with Gasteiger partial charge in [0.15, 0.2) is 0 Å². The maximum absolute atomic E-state index is 12.8. The number of anilines is 2. The van der Waals surface area contributed by atoms with E-state index in [1.807, 2.05) is 61.7 Å². The van der Waals surface area contributed by atoms with Crippen molar-refractivity contribution in [2.24, 2.45) is 5.92 Å². The quantitative estimate of drug-likeness (QED) is 0.726. The van der Waals surface area contributed by atoms with E-state index in [0.29, 0.717) is 23.7 Å². The first-order chi connectivity index (χ1) is 14.0. The van der Waals surface area contributed by atoms with Crippen LogP contribution in [0.5, 0.6) is 5.75 Å². The Kier molecular flexibility index (Phi) is 5.03. The van der Waals surface area contributed by atoms with Crippen molar-refractivity contribution < 1.29 is 14.3 Å². The van der Waals surface area contributed by atoms with E-state index in [9.17, 15) is 9.59 Å². The zero-order valence-corrected chi connectivity index (χ0v) is 16.3. The van der Waals surface area contributed by atoms with Gasteiger partial charge in [-0.2, -0.15) is 5.10 Å². The van der Waals surface area contributed by atoms with E-state index in [2.05, 4.69) is 10.4 Å². The van der Waals surface area contributed by atoms with E-state index in [-0.39, 0.29) is 18.2 Å². The average molecular weight is 390 g/mol. The van der Waals surface area contributed by atoms with E-state index < -0.39 is 5.92 Å². The maximum Gasteiger partial charge on any atom is 0.229 e. The molecule has 29 heavy (non-hydrogen) atoms. The molecule has 0 saturated carbocycles. The molecule has 1 saturated heterocycles. The Hall–Kier alpha value is -3.61. The molecule has 4 rings (SSSR count). The number of hydrogen-bond acceptors (Lipinski definition) is 4. The molecule has 2 heterocycles. The Morgan fingerprint density at radius 3 is 2.83 bits per heavy atom. The van der Waals surface area contributed by atoms with E-state index in [4.69, 9.17) is 4.74 Å². The highest BCUT2D eigenvalue weighted by Crippen LogP contribution is 2.34. The summed E-state index contributed by atoms with van der Waals surface area (Å²) in [6.45, 7) is 2.28. The van der Waals surface area contributed by atoms with Crippen LogP contribution in [-0.4, -0.2) is 35.2 Å². The summed E-state index contributed by atoms with van der Waals surface area (Å²) in [7, 11) is 1.57. The third kappa shape index (κ3) is 3.85. The lowest BCUT2D eigenvalue weighted by Crippen LogP contribution is -2.28. The number of methoxy groups -OCH3 is 1. The molecule has 3 aromatic rings. The highest BCUT2D eigenvalue weighted by Gasteiger charge is 2.36. The summed E-state index contributed by atoms with van der Waals surface area (Å²) < 4.78 is 7.12. The third-order valence-electron chi connectivity index (χ3n) is 5.00. The minimum Gasteiger partial charge on any atom is -0.495 e. The lowest BCUT2D eigenvalue weighted by atomic mass is 10.1. The number of carbonyl (C=O) groups excluding carboxylic acids is 2. The van der Waals surface area contributed by atoms with Crippen molar-refractivity contribution in [2.45, 2.75) is 13.3 Å². The van der Waals surface area contributed by atoms with Crippen molar-refractivity contribution in [3.63, 3.8) is 0 Å². The summed E-state index contributed by atoms with van der Waals surface area (Å²) in [4.78, 5) is 27.1. The molecule has 1 N–H and O–H groups in total. The maximum atomic E-state index is 12.8. The number of benzene rings is 2. The minimum absolute atomic E-state index is 0.0839. The molecule has 1 fully saturated rings. The van der Waals surface area contributed by atoms with Crippen LogP contribution in [0.3, 0.4) is 0 Å². The predicted octanol–water partition coefficient (Wildman–Crippen LogP) is 3.18. The molecule has 2 amide bonds. The second-order valence-corrected chi connectivity index (χ2v) is 7.07. The first-order valence-electron chi connectivity index (χ1n) is 9.41. The molecule has 1 atom stereocenters. The first-order valence-corrected chi connectivity index (χ1v) is 9.41. The number of hydrogen-bond donors (Lipinski definition) is 1. The SMILES string of the molecule is COc1ccc(C)cc1N1CC(C(=O)Nc2cccc(-n3cccn3)c2)CC1=O. The molecular formula is C22H22N4O3. The van der Waals surface area contributed by atoms with E-state index in [1.165, 1.54) is 0 Å². The molecule has 1 aliphatic rings. The number of nitrogens with zero attached hydrogens (tertiary/aromatic N) is 3. The Balaban J connectivity index is 1.49. The van der Waals surface area contributed by atoms with Crippen LogP contribution in [0.25, 0.3) is 5.69 Å². The molecule has 148 valence electrons. The number of aryl methyl sites for hydroxylation is 1. The molecule has 0 bridgehead atoms. The van der Waals surface area contributed by atoms with Gasteiger partial charge in [0.1, 0.15) is 5.75 Å². The highest BCUT2D eigenvalue weighted by atomic mass is 16.5. The number of rotatable bonds is 5. The van der Waals surface area contributed by atoms with Gasteiger partial charge in [0.25, 0.3) is 0 Å². The van der Waals surface area contributed by atoms with Crippen LogP contribution < -0.4 is 15.0 Å². The molecule has 1 unspecified atom stereocenters. The van der Waals surface area contributed by atoms with E-state index >= 15 is 0 Å². The van der Waals surface area contributed by atoms with Crippen LogP contribution in [0.1, 0.15) is 12.0 Å². The highest BCUT2D eigenvalue weighted by molar-refractivity contribution is 6.04. The molecule has 1 aliphatic heterocycles. The normalized spacial score (nSPS) is 16.1. The van der Waals surface area contributed by atoms with Crippen LogP contribution in [0, 0.1) is 12.8 Å².